The highest BCUT2D eigenvalue weighted by atomic mass is 16.5. The summed E-state index contributed by atoms with van der Waals surface area (Å²) >= 11 is 0. The molecule has 0 bridgehead atoms. The zero-order valence-electron chi connectivity index (χ0n) is 8.44. The van der Waals surface area contributed by atoms with Gasteiger partial charge in [-0.05, 0) is 18.8 Å². The first kappa shape index (κ1) is 11.7. The number of ether oxygens (including phenoxy) is 1. The lowest BCUT2D eigenvalue weighted by Gasteiger charge is -2.06. The maximum Gasteiger partial charge on any atom is 0.328 e. The van der Waals surface area contributed by atoms with Crippen molar-refractivity contribution in [3.05, 3.63) is 12.2 Å². The van der Waals surface area contributed by atoms with Crippen molar-refractivity contribution in [2.45, 2.75) is 12.8 Å². The van der Waals surface area contributed by atoms with Crippen molar-refractivity contribution in [2.24, 2.45) is 5.92 Å². The number of rotatable bonds is 5. The standard InChI is InChI=1S/C10H15NO4/c12-9(1-2-10(13)14)11-5-3-8-4-6-15-7-8/h1-2,8H,3-7H2,(H,11,12)(H,13,14)/b2-1+. The number of hydrogen-bond donors (Lipinski definition) is 2. The van der Waals surface area contributed by atoms with Crippen molar-refractivity contribution in [1.82, 2.24) is 5.32 Å². The van der Waals surface area contributed by atoms with Gasteiger partial charge in [0.2, 0.25) is 5.91 Å². The van der Waals surface area contributed by atoms with Crippen LogP contribution in [0.4, 0.5) is 0 Å². The van der Waals surface area contributed by atoms with Crippen LogP contribution in [0, 0.1) is 5.92 Å². The van der Waals surface area contributed by atoms with Gasteiger partial charge >= 0.3 is 5.97 Å². The first-order valence-electron chi connectivity index (χ1n) is 4.95. The first-order chi connectivity index (χ1) is 7.18. The summed E-state index contributed by atoms with van der Waals surface area (Å²) in [6.07, 6.45) is 3.77. The van der Waals surface area contributed by atoms with Crippen LogP contribution in [0.25, 0.3) is 0 Å². The van der Waals surface area contributed by atoms with Gasteiger partial charge in [0.05, 0.1) is 0 Å². The Hall–Kier alpha value is -1.36. The quantitative estimate of drug-likeness (QED) is 0.638. The summed E-state index contributed by atoms with van der Waals surface area (Å²) in [7, 11) is 0. The largest absolute Gasteiger partial charge is 0.478 e. The first-order valence-corrected chi connectivity index (χ1v) is 4.95. The van der Waals surface area contributed by atoms with Crippen LogP contribution in [0.3, 0.4) is 0 Å². The number of carbonyl (C=O) groups excluding carboxylic acids is 1. The molecule has 1 aliphatic rings. The van der Waals surface area contributed by atoms with Crippen LogP contribution in [0.1, 0.15) is 12.8 Å². The second kappa shape index (κ2) is 6.19. The Bertz CT molecular complexity index is 256. The highest BCUT2D eigenvalue weighted by Gasteiger charge is 2.14. The van der Waals surface area contributed by atoms with Gasteiger partial charge in [-0.1, -0.05) is 0 Å². The lowest BCUT2D eigenvalue weighted by molar-refractivity contribution is -0.131. The van der Waals surface area contributed by atoms with Gasteiger partial charge in [0.15, 0.2) is 0 Å². The van der Waals surface area contributed by atoms with E-state index in [0.29, 0.717) is 12.5 Å². The van der Waals surface area contributed by atoms with Crippen molar-refractivity contribution in [3.8, 4) is 0 Å². The number of amides is 1. The van der Waals surface area contributed by atoms with Crippen LogP contribution < -0.4 is 5.32 Å². The predicted molar refractivity (Wildman–Crippen MR) is 53.3 cm³/mol. The second-order valence-corrected chi connectivity index (χ2v) is 3.48. The third kappa shape index (κ3) is 5.17. The minimum absolute atomic E-state index is 0.365. The Kier molecular flexibility index (Phi) is 4.83. The Morgan fingerprint density at radius 3 is 2.87 bits per heavy atom. The molecule has 0 aliphatic carbocycles. The SMILES string of the molecule is O=C(O)/C=C/C(=O)NCCC1CCOC1. The molecule has 0 saturated carbocycles. The van der Waals surface area contributed by atoms with Gasteiger partial charge in [0.1, 0.15) is 0 Å². The van der Waals surface area contributed by atoms with Crippen molar-refractivity contribution in [1.29, 1.82) is 0 Å². The van der Waals surface area contributed by atoms with E-state index in [1.54, 1.807) is 0 Å². The summed E-state index contributed by atoms with van der Waals surface area (Å²) in [5.74, 6) is -0.959. The van der Waals surface area contributed by atoms with Crippen molar-refractivity contribution >= 4 is 11.9 Å². The third-order valence-corrected chi connectivity index (χ3v) is 2.25. The van der Waals surface area contributed by atoms with Gasteiger partial charge in [0.25, 0.3) is 0 Å². The van der Waals surface area contributed by atoms with Gasteiger partial charge in [-0.2, -0.15) is 0 Å². The third-order valence-electron chi connectivity index (χ3n) is 2.25. The topological polar surface area (TPSA) is 75.6 Å². The molecule has 15 heavy (non-hydrogen) atoms. The molecule has 0 spiro atoms. The second-order valence-electron chi connectivity index (χ2n) is 3.48. The normalized spacial score (nSPS) is 20.7. The van der Waals surface area contributed by atoms with Gasteiger partial charge in [-0.25, -0.2) is 4.79 Å². The van der Waals surface area contributed by atoms with Crippen molar-refractivity contribution in [2.75, 3.05) is 19.8 Å². The zero-order chi connectivity index (χ0) is 11.1. The molecule has 0 aromatic heterocycles. The molecule has 1 fully saturated rings. The van der Waals surface area contributed by atoms with E-state index in [9.17, 15) is 9.59 Å². The minimum atomic E-state index is -1.12. The summed E-state index contributed by atoms with van der Waals surface area (Å²) in [4.78, 5) is 21.1. The van der Waals surface area contributed by atoms with E-state index < -0.39 is 5.97 Å². The molecule has 1 rings (SSSR count). The maximum atomic E-state index is 11.0. The number of nitrogens with one attached hydrogen (secondary N) is 1. The highest BCUT2D eigenvalue weighted by Crippen LogP contribution is 2.14. The minimum Gasteiger partial charge on any atom is -0.478 e. The number of carboxylic acids is 1. The molecule has 1 atom stereocenters. The Balaban J connectivity index is 2.08. The molecule has 1 amide bonds. The fraction of sp³-hybridized carbons (Fsp3) is 0.600. The molecule has 5 heteroatoms. The van der Waals surface area contributed by atoms with Gasteiger partial charge in [0, 0.05) is 31.9 Å². The van der Waals surface area contributed by atoms with E-state index in [2.05, 4.69) is 5.32 Å². The lowest BCUT2D eigenvalue weighted by Crippen LogP contribution is -2.24. The van der Waals surface area contributed by atoms with Crippen LogP contribution in [0.5, 0.6) is 0 Å². The number of carboxylic acid groups (broad SMARTS) is 1. The smallest absolute Gasteiger partial charge is 0.328 e. The van der Waals surface area contributed by atoms with E-state index in [1.807, 2.05) is 0 Å². The molecule has 0 radical (unpaired) electrons. The summed E-state index contributed by atoms with van der Waals surface area (Å²) in [5, 5.41) is 10.9. The molecular weight excluding hydrogens is 198 g/mol. The molecule has 0 aromatic carbocycles. The Morgan fingerprint density at radius 1 is 1.47 bits per heavy atom. The fourth-order valence-electron chi connectivity index (χ4n) is 1.42. The van der Waals surface area contributed by atoms with E-state index in [1.165, 1.54) is 0 Å². The van der Waals surface area contributed by atoms with E-state index >= 15 is 0 Å². The Labute approximate surface area is 88.1 Å². The fourth-order valence-corrected chi connectivity index (χ4v) is 1.42. The average Bonchev–Trinajstić information content (AvgIpc) is 2.67. The molecule has 1 saturated heterocycles. The van der Waals surface area contributed by atoms with Gasteiger partial charge < -0.3 is 15.2 Å². The number of carbonyl (C=O) groups is 2. The molecular formula is C10H15NO4. The molecule has 2 N–H and O–H groups in total. The monoisotopic (exact) mass is 213 g/mol. The lowest BCUT2D eigenvalue weighted by atomic mass is 10.1. The van der Waals surface area contributed by atoms with Crippen LogP contribution >= 0.6 is 0 Å². The zero-order valence-corrected chi connectivity index (χ0v) is 8.44. The average molecular weight is 213 g/mol. The van der Waals surface area contributed by atoms with Crippen LogP contribution in [-0.4, -0.2) is 36.7 Å². The summed E-state index contributed by atoms with van der Waals surface area (Å²) in [6.45, 7) is 2.13. The van der Waals surface area contributed by atoms with E-state index in [4.69, 9.17) is 9.84 Å². The summed E-state index contributed by atoms with van der Waals surface area (Å²) in [5.41, 5.74) is 0. The molecule has 1 heterocycles. The van der Waals surface area contributed by atoms with Crippen molar-refractivity contribution < 1.29 is 19.4 Å². The van der Waals surface area contributed by atoms with E-state index in [0.717, 1.165) is 38.2 Å². The predicted octanol–water partition coefficient (Wildman–Crippen LogP) is 0.170. The summed E-state index contributed by atoms with van der Waals surface area (Å²) < 4.78 is 5.19. The molecule has 1 unspecified atom stereocenters. The Morgan fingerprint density at radius 2 is 2.27 bits per heavy atom. The van der Waals surface area contributed by atoms with Crippen LogP contribution in [0.2, 0.25) is 0 Å². The maximum absolute atomic E-state index is 11.0. The molecule has 1 aliphatic heterocycles. The molecule has 84 valence electrons. The summed E-state index contributed by atoms with van der Waals surface area (Å²) in [6, 6.07) is 0. The van der Waals surface area contributed by atoms with E-state index in [-0.39, 0.29) is 5.91 Å². The molecule has 5 nitrogen and oxygen atoms in total. The van der Waals surface area contributed by atoms with Gasteiger partial charge in [-0.3, -0.25) is 4.79 Å². The van der Waals surface area contributed by atoms with Crippen LogP contribution in [-0.2, 0) is 14.3 Å². The number of aliphatic carboxylic acids is 1. The highest BCUT2D eigenvalue weighted by molar-refractivity contribution is 5.93. The van der Waals surface area contributed by atoms with Crippen LogP contribution in [0.15, 0.2) is 12.2 Å². The van der Waals surface area contributed by atoms with Gasteiger partial charge in [-0.15, -0.1) is 0 Å². The molecule has 0 aromatic rings. The van der Waals surface area contributed by atoms with Crippen molar-refractivity contribution in [3.63, 3.8) is 0 Å². The number of hydrogen-bond acceptors (Lipinski definition) is 3.